The molecule has 1 rings (SSSR count). The molecule has 17 heavy (non-hydrogen) atoms. The lowest BCUT2D eigenvalue weighted by Crippen LogP contribution is -2.57. The predicted octanol–water partition coefficient (Wildman–Crippen LogP) is 2.89. The minimum absolute atomic E-state index is 0.0823. The Hall–Kier alpha value is -0.570. The van der Waals surface area contributed by atoms with Gasteiger partial charge in [0, 0.05) is 6.04 Å². The molecule has 0 atom stereocenters. The van der Waals surface area contributed by atoms with Gasteiger partial charge in [0.1, 0.15) is 5.54 Å². The van der Waals surface area contributed by atoms with Crippen LogP contribution in [-0.2, 0) is 9.53 Å². The van der Waals surface area contributed by atoms with E-state index < -0.39 is 5.54 Å². The van der Waals surface area contributed by atoms with Crippen molar-refractivity contribution in [3.63, 3.8) is 0 Å². The molecular formula is C14H27NO2. The summed E-state index contributed by atoms with van der Waals surface area (Å²) in [5.41, 5.74) is -0.423. The molecule has 1 saturated carbocycles. The summed E-state index contributed by atoms with van der Waals surface area (Å²) in [5, 5.41) is 3.43. The van der Waals surface area contributed by atoms with Crippen molar-refractivity contribution in [2.75, 3.05) is 7.11 Å². The second-order valence-electron chi connectivity index (χ2n) is 5.60. The third-order valence-electron chi connectivity index (χ3n) is 3.80. The van der Waals surface area contributed by atoms with Crippen LogP contribution in [0.4, 0.5) is 0 Å². The molecule has 0 radical (unpaired) electrons. The standard InChI is InChI=1S/C14H27NO2/c1-5-6-12-7-9-14(10-8-12,13(16)17-4)15-11(2)3/h11-12,15H,5-10H2,1-4H3. The summed E-state index contributed by atoms with van der Waals surface area (Å²) in [5.74, 6) is 0.716. The number of hydrogen-bond donors (Lipinski definition) is 1. The molecule has 100 valence electrons. The number of carbonyl (C=O) groups excluding carboxylic acids is 1. The van der Waals surface area contributed by atoms with Gasteiger partial charge in [-0.15, -0.1) is 0 Å². The highest BCUT2D eigenvalue weighted by atomic mass is 16.5. The number of carbonyl (C=O) groups is 1. The zero-order chi connectivity index (χ0) is 12.9. The third kappa shape index (κ3) is 3.70. The Morgan fingerprint density at radius 2 is 2.00 bits per heavy atom. The number of rotatable bonds is 5. The van der Waals surface area contributed by atoms with Crippen LogP contribution in [0.1, 0.15) is 59.3 Å². The first-order chi connectivity index (χ1) is 8.04. The molecule has 1 N–H and O–H groups in total. The summed E-state index contributed by atoms with van der Waals surface area (Å²) in [6.45, 7) is 6.40. The van der Waals surface area contributed by atoms with Crippen LogP contribution in [0.5, 0.6) is 0 Å². The molecule has 0 aromatic carbocycles. The van der Waals surface area contributed by atoms with E-state index >= 15 is 0 Å². The zero-order valence-electron chi connectivity index (χ0n) is 11.7. The number of esters is 1. The molecule has 0 aromatic heterocycles. The Morgan fingerprint density at radius 3 is 2.41 bits per heavy atom. The first kappa shape index (κ1) is 14.5. The van der Waals surface area contributed by atoms with Crippen molar-refractivity contribution in [1.29, 1.82) is 0 Å². The molecule has 0 amide bonds. The van der Waals surface area contributed by atoms with Gasteiger partial charge in [-0.25, -0.2) is 0 Å². The summed E-state index contributed by atoms with van der Waals surface area (Å²) in [6, 6.07) is 0.317. The molecule has 3 heteroatoms. The average Bonchev–Trinajstić information content (AvgIpc) is 2.30. The van der Waals surface area contributed by atoms with Crippen LogP contribution in [0.2, 0.25) is 0 Å². The van der Waals surface area contributed by atoms with Gasteiger partial charge in [-0.2, -0.15) is 0 Å². The fraction of sp³-hybridized carbons (Fsp3) is 0.929. The quantitative estimate of drug-likeness (QED) is 0.752. The SMILES string of the molecule is CCCC1CCC(NC(C)C)(C(=O)OC)CC1. The summed E-state index contributed by atoms with van der Waals surface area (Å²) in [4.78, 5) is 12.0. The lowest BCUT2D eigenvalue weighted by Gasteiger charge is -2.39. The molecule has 0 aliphatic heterocycles. The Bertz CT molecular complexity index is 243. The van der Waals surface area contributed by atoms with Gasteiger partial charge < -0.3 is 4.74 Å². The highest BCUT2D eigenvalue weighted by molar-refractivity contribution is 5.81. The summed E-state index contributed by atoms with van der Waals surface area (Å²) in [6.07, 6.45) is 6.66. The molecular weight excluding hydrogens is 214 g/mol. The van der Waals surface area contributed by atoms with Gasteiger partial charge in [-0.3, -0.25) is 10.1 Å². The zero-order valence-corrected chi connectivity index (χ0v) is 11.7. The summed E-state index contributed by atoms with van der Waals surface area (Å²) in [7, 11) is 1.49. The summed E-state index contributed by atoms with van der Waals surface area (Å²) < 4.78 is 4.99. The molecule has 0 spiro atoms. The second-order valence-corrected chi connectivity index (χ2v) is 5.60. The predicted molar refractivity (Wildman–Crippen MR) is 69.9 cm³/mol. The molecule has 1 aliphatic rings. The maximum atomic E-state index is 12.0. The van der Waals surface area contributed by atoms with Crippen LogP contribution in [-0.4, -0.2) is 24.7 Å². The van der Waals surface area contributed by atoms with Gasteiger partial charge in [0.15, 0.2) is 0 Å². The number of methoxy groups -OCH3 is 1. The van der Waals surface area contributed by atoms with E-state index in [1.165, 1.54) is 20.0 Å². The van der Waals surface area contributed by atoms with Crippen LogP contribution in [0.15, 0.2) is 0 Å². The fourth-order valence-electron chi connectivity index (χ4n) is 3.02. The molecule has 0 saturated heterocycles. The van der Waals surface area contributed by atoms with Crippen molar-refractivity contribution in [3.8, 4) is 0 Å². The Kier molecular flexibility index (Phi) is 5.44. The normalized spacial score (nSPS) is 29.4. The molecule has 1 fully saturated rings. The van der Waals surface area contributed by atoms with E-state index in [0.29, 0.717) is 6.04 Å². The fourth-order valence-corrected chi connectivity index (χ4v) is 3.02. The van der Waals surface area contributed by atoms with E-state index in [1.54, 1.807) is 0 Å². The number of hydrogen-bond acceptors (Lipinski definition) is 3. The van der Waals surface area contributed by atoms with Gasteiger partial charge in [0.25, 0.3) is 0 Å². The van der Waals surface area contributed by atoms with E-state index in [0.717, 1.165) is 31.6 Å². The maximum absolute atomic E-state index is 12.0. The van der Waals surface area contributed by atoms with Gasteiger partial charge in [-0.05, 0) is 45.4 Å². The lowest BCUT2D eigenvalue weighted by molar-refractivity contribution is -0.151. The minimum atomic E-state index is -0.423. The van der Waals surface area contributed by atoms with Gasteiger partial charge in [0.2, 0.25) is 0 Å². The first-order valence-corrected chi connectivity index (χ1v) is 6.90. The largest absolute Gasteiger partial charge is 0.468 e. The Labute approximate surface area is 105 Å². The van der Waals surface area contributed by atoms with Crippen LogP contribution >= 0.6 is 0 Å². The van der Waals surface area contributed by atoms with Crippen molar-refractivity contribution in [3.05, 3.63) is 0 Å². The van der Waals surface area contributed by atoms with E-state index in [4.69, 9.17) is 4.74 Å². The van der Waals surface area contributed by atoms with Crippen LogP contribution in [0.25, 0.3) is 0 Å². The molecule has 0 unspecified atom stereocenters. The molecule has 3 nitrogen and oxygen atoms in total. The van der Waals surface area contributed by atoms with E-state index in [-0.39, 0.29) is 5.97 Å². The molecule has 0 bridgehead atoms. The Balaban J connectivity index is 2.65. The smallest absolute Gasteiger partial charge is 0.326 e. The average molecular weight is 241 g/mol. The number of nitrogens with one attached hydrogen (secondary N) is 1. The first-order valence-electron chi connectivity index (χ1n) is 6.90. The minimum Gasteiger partial charge on any atom is -0.468 e. The highest BCUT2D eigenvalue weighted by Gasteiger charge is 2.42. The summed E-state index contributed by atoms with van der Waals surface area (Å²) >= 11 is 0. The van der Waals surface area contributed by atoms with Crippen molar-refractivity contribution in [2.24, 2.45) is 5.92 Å². The van der Waals surface area contributed by atoms with E-state index in [9.17, 15) is 4.79 Å². The third-order valence-corrected chi connectivity index (χ3v) is 3.80. The number of ether oxygens (including phenoxy) is 1. The van der Waals surface area contributed by atoms with Crippen molar-refractivity contribution >= 4 is 5.97 Å². The van der Waals surface area contributed by atoms with Gasteiger partial charge in [-0.1, -0.05) is 19.8 Å². The van der Waals surface area contributed by atoms with Crippen LogP contribution in [0, 0.1) is 5.92 Å². The maximum Gasteiger partial charge on any atom is 0.326 e. The monoisotopic (exact) mass is 241 g/mol. The molecule has 0 heterocycles. The topological polar surface area (TPSA) is 38.3 Å². The van der Waals surface area contributed by atoms with E-state index in [1.807, 2.05) is 0 Å². The van der Waals surface area contributed by atoms with Crippen molar-refractivity contribution in [1.82, 2.24) is 5.32 Å². The van der Waals surface area contributed by atoms with Crippen LogP contribution < -0.4 is 5.32 Å². The Morgan fingerprint density at radius 1 is 1.41 bits per heavy atom. The van der Waals surface area contributed by atoms with Crippen molar-refractivity contribution < 1.29 is 9.53 Å². The highest BCUT2D eigenvalue weighted by Crippen LogP contribution is 2.35. The van der Waals surface area contributed by atoms with E-state index in [2.05, 4.69) is 26.1 Å². The van der Waals surface area contributed by atoms with Crippen LogP contribution in [0.3, 0.4) is 0 Å². The van der Waals surface area contributed by atoms with Gasteiger partial charge >= 0.3 is 5.97 Å². The molecule has 1 aliphatic carbocycles. The van der Waals surface area contributed by atoms with Gasteiger partial charge in [0.05, 0.1) is 7.11 Å². The second kappa shape index (κ2) is 6.39. The lowest BCUT2D eigenvalue weighted by atomic mass is 9.74. The molecule has 0 aromatic rings. The van der Waals surface area contributed by atoms with Crippen molar-refractivity contribution in [2.45, 2.75) is 70.9 Å².